The molecule has 2 unspecified atom stereocenters. The molecule has 2 aliphatic rings. The average Bonchev–Trinajstić information content (AvgIpc) is 3.08. The number of nitrogens with one attached hydrogen (secondary N) is 1. The molecule has 0 saturated carbocycles. The lowest BCUT2D eigenvalue weighted by Crippen LogP contribution is -2.43. The summed E-state index contributed by atoms with van der Waals surface area (Å²) < 4.78 is 13.1. The van der Waals surface area contributed by atoms with Gasteiger partial charge in [-0.05, 0) is 49.2 Å². The number of carbonyl (C=O) groups is 2. The van der Waals surface area contributed by atoms with Crippen LogP contribution in [0.2, 0.25) is 0 Å². The average molecular weight is 425 g/mol. The van der Waals surface area contributed by atoms with Gasteiger partial charge in [0.15, 0.2) is 5.17 Å². The van der Waals surface area contributed by atoms with Crippen molar-refractivity contribution in [1.29, 1.82) is 0 Å². The molecule has 2 atom stereocenters. The first-order valence-corrected chi connectivity index (χ1v) is 10.6. The third kappa shape index (κ3) is 3.75. The maximum atomic E-state index is 13.1. The van der Waals surface area contributed by atoms with Gasteiger partial charge in [0.25, 0.3) is 5.91 Å². The molecule has 2 heterocycles. The Kier molecular flexibility index (Phi) is 5.42. The smallest absolute Gasteiger partial charge is 0.259 e. The van der Waals surface area contributed by atoms with Crippen LogP contribution >= 0.6 is 11.8 Å². The zero-order chi connectivity index (χ0) is 21.4. The number of anilines is 1. The monoisotopic (exact) mass is 424 g/mol. The number of hydrogen-bond donors (Lipinski definition) is 1. The van der Waals surface area contributed by atoms with Crippen molar-refractivity contribution in [2.45, 2.75) is 32.1 Å². The van der Waals surface area contributed by atoms with E-state index in [9.17, 15) is 14.0 Å². The second-order valence-corrected chi connectivity index (χ2v) is 8.79. The number of nitrogens with zero attached hydrogens (tertiary/aromatic N) is 3. The van der Waals surface area contributed by atoms with Crippen LogP contribution in [0, 0.1) is 11.7 Å². The van der Waals surface area contributed by atoms with Crippen LogP contribution in [0.15, 0.2) is 58.5 Å². The third-order valence-electron chi connectivity index (χ3n) is 4.89. The van der Waals surface area contributed by atoms with Crippen LogP contribution in [-0.2, 0) is 9.59 Å². The van der Waals surface area contributed by atoms with Gasteiger partial charge in [0.1, 0.15) is 17.7 Å². The predicted molar refractivity (Wildman–Crippen MR) is 118 cm³/mol. The quantitative estimate of drug-likeness (QED) is 0.799. The van der Waals surface area contributed by atoms with E-state index in [4.69, 9.17) is 0 Å². The second-order valence-electron chi connectivity index (χ2n) is 7.48. The molecule has 1 N–H and O–H groups in total. The summed E-state index contributed by atoms with van der Waals surface area (Å²) in [5.41, 5.74) is 2.03. The fourth-order valence-corrected chi connectivity index (χ4v) is 4.19. The Morgan fingerprint density at radius 2 is 1.83 bits per heavy atom. The molecule has 4 rings (SSSR count). The SMILES string of the molecule is CC(SC1=Nc2ccccc2C2=NC(C(C)C)C(=O)N12)C(=O)Nc1ccc(F)cc1. The lowest BCUT2D eigenvalue weighted by molar-refractivity contribution is -0.125. The number of halogens is 1. The largest absolute Gasteiger partial charge is 0.325 e. The number of thioether (sulfide) groups is 1. The van der Waals surface area contributed by atoms with E-state index < -0.39 is 11.3 Å². The summed E-state index contributed by atoms with van der Waals surface area (Å²) in [6, 6.07) is 12.6. The van der Waals surface area contributed by atoms with Gasteiger partial charge < -0.3 is 5.32 Å². The van der Waals surface area contributed by atoms with Gasteiger partial charge in [0.05, 0.1) is 10.9 Å². The van der Waals surface area contributed by atoms with E-state index in [0.717, 1.165) is 11.3 Å². The molecular weight excluding hydrogens is 403 g/mol. The van der Waals surface area contributed by atoms with E-state index in [0.29, 0.717) is 16.7 Å². The van der Waals surface area contributed by atoms with Gasteiger partial charge in [-0.15, -0.1) is 0 Å². The predicted octanol–water partition coefficient (Wildman–Crippen LogP) is 4.20. The molecule has 2 aromatic rings. The Hall–Kier alpha value is -3.00. The minimum absolute atomic E-state index is 0.0493. The van der Waals surface area contributed by atoms with E-state index >= 15 is 0 Å². The summed E-state index contributed by atoms with van der Waals surface area (Å²) >= 11 is 1.20. The summed E-state index contributed by atoms with van der Waals surface area (Å²) in [5.74, 6) is -0.138. The zero-order valence-corrected chi connectivity index (χ0v) is 17.6. The summed E-state index contributed by atoms with van der Waals surface area (Å²) in [5, 5.41) is 2.66. The first-order valence-electron chi connectivity index (χ1n) is 9.68. The van der Waals surface area contributed by atoms with Crippen molar-refractivity contribution in [1.82, 2.24) is 4.90 Å². The highest BCUT2D eigenvalue weighted by molar-refractivity contribution is 8.15. The van der Waals surface area contributed by atoms with Crippen LogP contribution in [0.5, 0.6) is 0 Å². The van der Waals surface area contributed by atoms with Crippen LogP contribution < -0.4 is 5.32 Å². The Balaban J connectivity index is 1.59. The molecule has 0 spiro atoms. The molecule has 0 aromatic heterocycles. The Morgan fingerprint density at radius 3 is 2.53 bits per heavy atom. The fraction of sp³-hybridized carbons (Fsp3) is 0.273. The highest BCUT2D eigenvalue weighted by Gasteiger charge is 2.43. The first-order chi connectivity index (χ1) is 14.3. The first kappa shape index (κ1) is 20.3. The highest BCUT2D eigenvalue weighted by Crippen LogP contribution is 2.35. The molecular formula is C22H21FN4O2S. The number of benzene rings is 2. The summed E-state index contributed by atoms with van der Waals surface area (Å²) in [6.07, 6.45) is 0. The molecule has 30 heavy (non-hydrogen) atoms. The van der Waals surface area contributed by atoms with E-state index in [1.807, 2.05) is 38.1 Å². The number of rotatable bonds is 4. The van der Waals surface area contributed by atoms with Gasteiger partial charge in [-0.2, -0.15) is 0 Å². The maximum Gasteiger partial charge on any atom is 0.259 e. The maximum absolute atomic E-state index is 13.1. The lowest BCUT2D eigenvalue weighted by Gasteiger charge is -2.27. The van der Waals surface area contributed by atoms with Crippen molar-refractivity contribution in [2.75, 3.05) is 5.32 Å². The molecule has 0 bridgehead atoms. The van der Waals surface area contributed by atoms with E-state index in [2.05, 4.69) is 15.3 Å². The second kappa shape index (κ2) is 8.02. The van der Waals surface area contributed by atoms with Crippen molar-refractivity contribution in [3.05, 3.63) is 59.9 Å². The third-order valence-corrected chi connectivity index (χ3v) is 5.95. The number of aliphatic imine (C=N–C) groups is 2. The summed E-state index contributed by atoms with van der Waals surface area (Å²) in [4.78, 5) is 36.6. The van der Waals surface area contributed by atoms with E-state index in [-0.39, 0.29) is 23.5 Å². The van der Waals surface area contributed by atoms with Crippen molar-refractivity contribution in [3.63, 3.8) is 0 Å². The normalized spacial score (nSPS) is 18.5. The van der Waals surface area contributed by atoms with E-state index in [1.165, 1.54) is 40.9 Å². The van der Waals surface area contributed by atoms with Gasteiger partial charge in [0.2, 0.25) is 5.91 Å². The van der Waals surface area contributed by atoms with Crippen molar-refractivity contribution < 1.29 is 14.0 Å². The van der Waals surface area contributed by atoms with Crippen LogP contribution in [0.4, 0.5) is 15.8 Å². The summed E-state index contributed by atoms with van der Waals surface area (Å²) in [7, 11) is 0. The zero-order valence-electron chi connectivity index (χ0n) is 16.8. The molecule has 154 valence electrons. The van der Waals surface area contributed by atoms with Gasteiger partial charge in [0, 0.05) is 11.3 Å². The minimum atomic E-state index is -0.536. The highest BCUT2D eigenvalue weighted by atomic mass is 32.2. The van der Waals surface area contributed by atoms with Gasteiger partial charge in [-0.3, -0.25) is 14.6 Å². The molecule has 0 saturated heterocycles. The topological polar surface area (TPSA) is 74.1 Å². The molecule has 6 nitrogen and oxygen atoms in total. The number of fused-ring (bicyclic) bond motifs is 3. The number of para-hydroxylation sites is 1. The summed E-state index contributed by atoms with van der Waals surface area (Å²) in [6.45, 7) is 5.66. The fourth-order valence-electron chi connectivity index (χ4n) is 3.27. The van der Waals surface area contributed by atoms with Crippen molar-refractivity contribution in [2.24, 2.45) is 15.9 Å². The molecule has 0 radical (unpaired) electrons. The number of amidine groups is 2. The molecule has 2 aliphatic heterocycles. The lowest BCUT2D eigenvalue weighted by atomic mass is 10.1. The number of carbonyl (C=O) groups excluding carboxylic acids is 2. The van der Waals surface area contributed by atoms with Gasteiger partial charge in [-0.1, -0.05) is 37.7 Å². The molecule has 2 amide bonds. The van der Waals surface area contributed by atoms with Crippen LogP contribution in [0.1, 0.15) is 26.3 Å². The molecule has 2 aromatic carbocycles. The standard InChI is InChI=1S/C22H21FN4O2S/c1-12(2)18-21(29)27-19(26-18)16-6-4-5-7-17(16)25-22(27)30-13(3)20(28)24-15-10-8-14(23)9-11-15/h4-13,18H,1-3H3,(H,24,28). The molecule has 0 fully saturated rings. The molecule has 8 heteroatoms. The van der Waals surface area contributed by atoms with Crippen molar-refractivity contribution in [3.8, 4) is 0 Å². The van der Waals surface area contributed by atoms with Gasteiger partial charge >= 0.3 is 0 Å². The van der Waals surface area contributed by atoms with Crippen LogP contribution in [0.25, 0.3) is 0 Å². The van der Waals surface area contributed by atoms with Gasteiger partial charge in [-0.25, -0.2) is 14.3 Å². The van der Waals surface area contributed by atoms with E-state index in [1.54, 1.807) is 6.92 Å². The number of amides is 2. The van der Waals surface area contributed by atoms with Crippen LogP contribution in [-0.4, -0.2) is 39.0 Å². The Morgan fingerprint density at radius 1 is 1.13 bits per heavy atom. The molecule has 0 aliphatic carbocycles. The number of hydrogen-bond acceptors (Lipinski definition) is 5. The Bertz CT molecular complexity index is 1070. The Labute approximate surface area is 178 Å². The van der Waals surface area contributed by atoms with Crippen molar-refractivity contribution >= 4 is 46.0 Å². The minimum Gasteiger partial charge on any atom is -0.325 e. The van der Waals surface area contributed by atoms with Crippen LogP contribution in [0.3, 0.4) is 0 Å².